The van der Waals surface area contributed by atoms with E-state index in [1.165, 1.54) is 11.0 Å². The highest BCUT2D eigenvalue weighted by Gasteiger charge is 2.35. The van der Waals surface area contributed by atoms with Gasteiger partial charge in [0, 0.05) is 0 Å². The highest BCUT2D eigenvalue weighted by atomic mass is 79.9. The summed E-state index contributed by atoms with van der Waals surface area (Å²) in [6.07, 6.45) is 1.67. The zero-order valence-electron chi connectivity index (χ0n) is 21.4. The first kappa shape index (κ1) is 27.5. The molecule has 1 aliphatic heterocycles. The Balaban J connectivity index is 1.37. The van der Waals surface area contributed by atoms with Gasteiger partial charge in [-0.05, 0) is 92.4 Å². The summed E-state index contributed by atoms with van der Waals surface area (Å²) in [5.41, 5.74) is 2.43. The number of rotatable bonds is 9. The van der Waals surface area contributed by atoms with Crippen LogP contribution in [-0.4, -0.2) is 33.7 Å². The lowest BCUT2D eigenvalue weighted by molar-refractivity contribution is -0.123. The number of carbonyl (C=O) groups excluding carboxylic acids is 2. The number of hydrogen-bond acceptors (Lipinski definition) is 6. The maximum atomic E-state index is 13.3. The van der Waals surface area contributed by atoms with E-state index in [1.54, 1.807) is 36.4 Å². The van der Waals surface area contributed by atoms with Gasteiger partial charge >= 0.3 is 5.97 Å². The molecule has 0 aliphatic carbocycles. The Morgan fingerprint density at radius 3 is 2.58 bits per heavy atom. The third kappa shape index (κ3) is 5.90. The predicted octanol–water partition coefficient (Wildman–Crippen LogP) is 7.51. The molecule has 5 rings (SSSR count). The number of ether oxygens (including phenoxy) is 2. The molecule has 7 nitrogen and oxygen atoms in total. The third-order valence-electron chi connectivity index (χ3n) is 6.27. The Labute approximate surface area is 243 Å². The Hall–Kier alpha value is -4.08. The first-order valence-electron chi connectivity index (χ1n) is 12.5. The molecular weight excluding hydrogens is 594 g/mol. The van der Waals surface area contributed by atoms with Crippen molar-refractivity contribution in [3.63, 3.8) is 0 Å². The SMILES string of the molecule is CCOc1cc(/C=C2/SC(=O)N(Cc3cccc4ccccc34)C2=O)cc(Br)c1OCc1cccc(C(=O)O)c1. The van der Waals surface area contributed by atoms with Crippen molar-refractivity contribution in [2.24, 2.45) is 0 Å². The average Bonchev–Trinajstić information content (AvgIpc) is 3.20. The van der Waals surface area contributed by atoms with E-state index in [9.17, 15) is 19.5 Å². The molecule has 4 aromatic carbocycles. The fourth-order valence-electron chi connectivity index (χ4n) is 4.41. The number of carboxylic acids is 1. The van der Waals surface area contributed by atoms with Crippen LogP contribution in [0.25, 0.3) is 16.8 Å². The van der Waals surface area contributed by atoms with E-state index in [-0.39, 0.29) is 29.9 Å². The molecule has 0 saturated carbocycles. The number of aromatic carboxylic acids is 1. The normalized spacial score (nSPS) is 14.2. The van der Waals surface area contributed by atoms with Gasteiger partial charge < -0.3 is 14.6 Å². The minimum atomic E-state index is -1.01. The van der Waals surface area contributed by atoms with Crippen molar-refractivity contribution in [3.8, 4) is 11.5 Å². The number of halogens is 1. The zero-order valence-corrected chi connectivity index (χ0v) is 23.8. The number of benzene rings is 4. The van der Waals surface area contributed by atoms with E-state index in [2.05, 4.69) is 15.9 Å². The zero-order chi connectivity index (χ0) is 28.2. The highest BCUT2D eigenvalue weighted by molar-refractivity contribution is 9.10. The van der Waals surface area contributed by atoms with Crippen LogP contribution < -0.4 is 9.47 Å². The van der Waals surface area contributed by atoms with Crippen molar-refractivity contribution in [1.29, 1.82) is 0 Å². The van der Waals surface area contributed by atoms with E-state index in [0.717, 1.165) is 28.1 Å². The van der Waals surface area contributed by atoms with Crippen molar-refractivity contribution in [3.05, 3.63) is 110 Å². The number of nitrogens with zero attached hydrogens (tertiary/aromatic N) is 1. The number of imide groups is 1. The van der Waals surface area contributed by atoms with Crippen LogP contribution in [0.2, 0.25) is 0 Å². The fourth-order valence-corrected chi connectivity index (χ4v) is 5.82. The lowest BCUT2D eigenvalue weighted by atomic mass is 10.0. The molecular formula is C31H24BrNO6S. The second-order valence-electron chi connectivity index (χ2n) is 8.96. The van der Waals surface area contributed by atoms with Crippen LogP contribution in [0.4, 0.5) is 4.79 Å². The predicted molar refractivity (Wildman–Crippen MR) is 159 cm³/mol. The van der Waals surface area contributed by atoms with Crippen molar-refractivity contribution in [2.45, 2.75) is 20.1 Å². The third-order valence-corrected chi connectivity index (χ3v) is 7.76. The molecule has 2 amide bonds. The summed E-state index contributed by atoms with van der Waals surface area (Å²) in [4.78, 5) is 39.0. The second kappa shape index (κ2) is 12.0. The molecule has 0 bridgehead atoms. The van der Waals surface area contributed by atoms with Crippen LogP contribution in [-0.2, 0) is 17.9 Å². The largest absolute Gasteiger partial charge is 0.490 e. The molecule has 202 valence electrons. The number of hydrogen-bond donors (Lipinski definition) is 1. The summed E-state index contributed by atoms with van der Waals surface area (Å²) in [6, 6.07) is 23.8. The first-order valence-corrected chi connectivity index (χ1v) is 14.1. The van der Waals surface area contributed by atoms with Crippen LogP contribution in [0.15, 0.2) is 88.2 Å². The maximum absolute atomic E-state index is 13.3. The minimum absolute atomic E-state index is 0.131. The topological polar surface area (TPSA) is 93.1 Å². The van der Waals surface area contributed by atoms with Gasteiger partial charge in [-0.1, -0.05) is 54.6 Å². The minimum Gasteiger partial charge on any atom is -0.490 e. The molecule has 1 N–H and O–H groups in total. The van der Waals surface area contributed by atoms with E-state index in [0.29, 0.717) is 38.6 Å². The molecule has 0 aromatic heterocycles. The molecule has 0 radical (unpaired) electrons. The van der Waals surface area contributed by atoms with Crippen LogP contribution in [0, 0.1) is 0 Å². The van der Waals surface area contributed by atoms with Gasteiger partial charge in [-0.2, -0.15) is 0 Å². The quantitative estimate of drug-likeness (QED) is 0.194. The summed E-state index contributed by atoms with van der Waals surface area (Å²) in [5, 5.41) is 11.0. The van der Waals surface area contributed by atoms with Crippen LogP contribution in [0.1, 0.15) is 34.0 Å². The molecule has 1 saturated heterocycles. The van der Waals surface area contributed by atoms with Gasteiger partial charge in [-0.15, -0.1) is 0 Å². The molecule has 0 unspecified atom stereocenters. The molecule has 4 aromatic rings. The van der Waals surface area contributed by atoms with Crippen molar-refractivity contribution in [1.82, 2.24) is 4.90 Å². The molecule has 40 heavy (non-hydrogen) atoms. The van der Waals surface area contributed by atoms with E-state index >= 15 is 0 Å². The monoisotopic (exact) mass is 617 g/mol. The summed E-state index contributed by atoms with van der Waals surface area (Å²) < 4.78 is 12.4. The molecule has 9 heteroatoms. The van der Waals surface area contributed by atoms with Gasteiger partial charge in [-0.25, -0.2) is 4.79 Å². The lowest BCUT2D eigenvalue weighted by Gasteiger charge is -2.15. The maximum Gasteiger partial charge on any atom is 0.335 e. The van der Waals surface area contributed by atoms with Crippen LogP contribution in [0.5, 0.6) is 11.5 Å². The number of fused-ring (bicyclic) bond motifs is 1. The van der Waals surface area contributed by atoms with E-state index in [1.807, 2.05) is 49.4 Å². The highest BCUT2D eigenvalue weighted by Crippen LogP contribution is 2.40. The number of thioether (sulfide) groups is 1. The summed E-state index contributed by atoms with van der Waals surface area (Å²) >= 11 is 4.44. The van der Waals surface area contributed by atoms with Gasteiger partial charge in [-0.3, -0.25) is 14.5 Å². The van der Waals surface area contributed by atoms with E-state index < -0.39 is 5.97 Å². The number of amides is 2. The molecule has 0 spiro atoms. The summed E-state index contributed by atoms with van der Waals surface area (Å²) in [7, 11) is 0. The van der Waals surface area contributed by atoms with Gasteiger partial charge in [0.2, 0.25) is 0 Å². The summed E-state index contributed by atoms with van der Waals surface area (Å²) in [6.45, 7) is 2.54. The first-order chi connectivity index (χ1) is 19.3. The van der Waals surface area contributed by atoms with Gasteiger partial charge in [0.1, 0.15) is 6.61 Å². The lowest BCUT2D eigenvalue weighted by Crippen LogP contribution is -2.27. The van der Waals surface area contributed by atoms with Crippen molar-refractivity contribution in [2.75, 3.05) is 6.61 Å². The average molecular weight is 619 g/mol. The molecule has 1 aliphatic rings. The molecule has 1 fully saturated rings. The fraction of sp³-hybridized carbons (Fsp3) is 0.129. The molecule has 0 atom stereocenters. The van der Waals surface area contributed by atoms with Crippen molar-refractivity contribution >= 4 is 61.7 Å². The standard InChI is InChI=1S/C31H24BrNO6S/c1-2-38-26-15-20(14-25(32)28(26)39-18-19-7-5-10-22(13-19)30(35)36)16-27-29(34)33(31(37)40-27)17-23-11-6-9-21-8-3-4-12-24(21)23/h3-16H,2,17-18H2,1H3,(H,35,36)/b27-16+. The summed E-state index contributed by atoms with van der Waals surface area (Å²) in [5.74, 6) is -0.462. The van der Waals surface area contributed by atoms with Gasteiger partial charge in [0.15, 0.2) is 11.5 Å². The Morgan fingerprint density at radius 2 is 1.77 bits per heavy atom. The Morgan fingerprint density at radius 1 is 1.00 bits per heavy atom. The Kier molecular flexibility index (Phi) is 8.23. The van der Waals surface area contributed by atoms with Crippen LogP contribution >= 0.6 is 27.7 Å². The number of carbonyl (C=O) groups is 3. The number of carboxylic acid groups (broad SMARTS) is 1. The van der Waals surface area contributed by atoms with Gasteiger partial charge in [0.05, 0.1) is 28.1 Å². The van der Waals surface area contributed by atoms with Crippen molar-refractivity contribution < 1.29 is 29.0 Å². The van der Waals surface area contributed by atoms with Crippen LogP contribution in [0.3, 0.4) is 0 Å². The van der Waals surface area contributed by atoms with E-state index in [4.69, 9.17) is 9.47 Å². The molecule has 1 heterocycles. The van der Waals surface area contributed by atoms with Gasteiger partial charge in [0.25, 0.3) is 11.1 Å². The smallest absolute Gasteiger partial charge is 0.335 e. The second-order valence-corrected chi connectivity index (χ2v) is 10.8. The Bertz CT molecular complexity index is 1660.